The average molecular weight is 345 g/mol. The Morgan fingerprint density at radius 2 is 2.04 bits per heavy atom. The van der Waals surface area contributed by atoms with Crippen LogP contribution in [0, 0.1) is 13.8 Å². The molecule has 1 amide bonds. The smallest absolute Gasteiger partial charge is 0.263 e. The third kappa shape index (κ3) is 3.02. The zero-order chi connectivity index (χ0) is 17.4. The van der Waals surface area contributed by atoms with E-state index in [1.54, 1.807) is 25.3 Å². The maximum Gasteiger partial charge on any atom is 0.263 e. The monoisotopic (exact) mass is 345 g/mol. The van der Waals surface area contributed by atoms with Crippen molar-refractivity contribution in [3.8, 4) is 0 Å². The summed E-state index contributed by atoms with van der Waals surface area (Å²) in [5.74, 6) is -0.325. The average Bonchev–Trinajstić information content (AvgIpc) is 2.97. The number of carbonyl (C=O) groups excluding carboxylic acids is 1. The van der Waals surface area contributed by atoms with Crippen molar-refractivity contribution in [1.29, 1.82) is 0 Å². The Morgan fingerprint density at radius 3 is 2.75 bits per heavy atom. The molecule has 128 valence electrons. The minimum absolute atomic E-state index is 0.196. The molecule has 0 spiro atoms. The van der Waals surface area contributed by atoms with Crippen LogP contribution < -0.4 is 10.9 Å². The van der Waals surface area contributed by atoms with E-state index in [1.165, 1.54) is 28.0 Å². The highest BCUT2D eigenvalue weighted by Crippen LogP contribution is 2.29. The summed E-state index contributed by atoms with van der Waals surface area (Å²) < 4.78 is 1.51. The van der Waals surface area contributed by atoms with Crippen molar-refractivity contribution in [2.24, 2.45) is 7.05 Å². The number of thiazole rings is 1. The van der Waals surface area contributed by atoms with Crippen molar-refractivity contribution in [2.45, 2.75) is 52.5 Å². The van der Waals surface area contributed by atoms with Gasteiger partial charge in [-0.15, -0.1) is 11.3 Å². The van der Waals surface area contributed by atoms with Crippen molar-refractivity contribution in [3.63, 3.8) is 0 Å². The predicted molar refractivity (Wildman–Crippen MR) is 95.8 cm³/mol. The summed E-state index contributed by atoms with van der Waals surface area (Å²) in [6, 6.07) is 1.67. The lowest BCUT2D eigenvalue weighted by molar-refractivity contribution is 0.0937. The molecule has 1 atom stereocenters. The Morgan fingerprint density at radius 1 is 1.33 bits per heavy atom. The molecule has 0 saturated heterocycles. The van der Waals surface area contributed by atoms with Crippen molar-refractivity contribution >= 4 is 17.2 Å². The molecule has 24 heavy (non-hydrogen) atoms. The molecule has 0 bridgehead atoms. The minimum atomic E-state index is -0.325. The molecule has 0 aliphatic heterocycles. The lowest BCUT2D eigenvalue weighted by Crippen LogP contribution is -2.35. The summed E-state index contributed by atoms with van der Waals surface area (Å²) in [6.45, 7) is 5.59. The van der Waals surface area contributed by atoms with E-state index in [1.807, 2.05) is 19.9 Å². The number of hydrogen-bond acceptors (Lipinski definition) is 4. The first-order chi connectivity index (χ1) is 11.4. The van der Waals surface area contributed by atoms with E-state index in [0.717, 1.165) is 23.5 Å². The van der Waals surface area contributed by atoms with Crippen molar-refractivity contribution < 1.29 is 4.79 Å². The van der Waals surface area contributed by atoms with Gasteiger partial charge in [-0.2, -0.15) is 0 Å². The first kappa shape index (κ1) is 16.9. The molecule has 5 nitrogen and oxygen atoms in total. The lowest BCUT2D eigenvalue weighted by atomic mass is 10.0. The van der Waals surface area contributed by atoms with Crippen LogP contribution in [0.5, 0.6) is 0 Å². The van der Waals surface area contributed by atoms with Crippen LogP contribution in [0.4, 0.5) is 0 Å². The Labute approximate surface area is 145 Å². The Bertz CT molecular complexity index is 827. The Balaban J connectivity index is 1.83. The topological polar surface area (TPSA) is 64.0 Å². The number of nitrogens with one attached hydrogen (secondary N) is 1. The summed E-state index contributed by atoms with van der Waals surface area (Å²) in [4.78, 5) is 31.1. The van der Waals surface area contributed by atoms with Crippen molar-refractivity contribution in [1.82, 2.24) is 14.9 Å². The predicted octanol–water partition coefficient (Wildman–Crippen LogP) is 2.83. The molecule has 0 aromatic carbocycles. The van der Waals surface area contributed by atoms with Crippen LogP contribution in [-0.4, -0.2) is 15.5 Å². The van der Waals surface area contributed by atoms with E-state index in [2.05, 4.69) is 5.32 Å². The molecule has 3 rings (SSSR count). The highest BCUT2D eigenvalue weighted by Gasteiger charge is 2.22. The van der Waals surface area contributed by atoms with Gasteiger partial charge in [0.25, 0.3) is 11.5 Å². The SMILES string of the molecule is Cc1cc(C)n(C)c(=O)c1C(=O)N[C@@H](C)c1nc2c(s1)CCCC2. The molecule has 2 aromatic rings. The van der Waals surface area contributed by atoms with Crippen molar-refractivity contribution in [2.75, 3.05) is 0 Å². The molecule has 0 unspecified atom stereocenters. The van der Waals surface area contributed by atoms with E-state index in [4.69, 9.17) is 4.98 Å². The van der Waals surface area contributed by atoms with E-state index < -0.39 is 0 Å². The largest absolute Gasteiger partial charge is 0.343 e. The van der Waals surface area contributed by atoms with Crippen LogP contribution in [0.25, 0.3) is 0 Å². The summed E-state index contributed by atoms with van der Waals surface area (Å²) in [6.07, 6.45) is 4.53. The Hall–Kier alpha value is -1.95. The third-order valence-corrected chi connectivity index (χ3v) is 6.01. The van der Waals surface area contributed by atoms with Crippen molar-refractivity contribution in [3.05, 3.63) is 48.8 Å². The highest BCUT2D eigenvalue weighted by atomic mass is 32.1. The number of carbonyl (C=O) groups is 1. The highest BCUT2D eigenvalue weighted by molar-refractivity contribution is 7.11. The normalized spacial score (nSPS) is 15.0. The maximum atomic E-state index is 12.6. The van der Waals surface area contributed by atoms with E-state index in [9.17, 15) is 9.59 Å². The van der Waals surface area contributed by atoms with Gasteiger partial charge in [0, 0.05) is 17.6 Å². The zero-order valence-electron chi connectivity index (χ0n) is 14.6. The van der Waals surface area contributed by atoms with Gasteiger partial charge in [-0.25, -0.2) is 4.98 Å². The van der Waals surface area contributed by atoms with Crippen LogP contribution >= 0.6 is 11.3 Å². The van der Waals surface area contributed by atoms with Gasteiger partial charge in [0.05, 0.1) is 11.7 Å². The number of aromatic nitrogens is 2. The maximum absolute atomic E-state index is 12.6. The number of fused-ring (bicyclic) bond motifs is 1. The molecule has 0 radical (unpaired) electrons. The fourth-order valence-corrected chi connectivity index (χ4v) is 4.30. The quantitative estimate of drug-likeness (QED) is 0.930. The summed E-state index contributed by atoms with van der Waals surface area (Å²) in [7, 11) is 1.69. The third-order valence-electron chi connectivity index (χ3n) is 4.67. The minimum Gasteiger partial charge on any atom is -0.343 e. The lowest BCUT2D eigenvalue weighted by Gasteiger charge is -2.14. The summed E-state index contributed by atoms with van der Waals surface area (Å²) >= 11 is 1.69. The first-order valence-electron chi connectivity index (χ1n) is 8.35. The number of hydrogen-bond donors (Lipinski definition) is 1. The van der Waals surface area contributed by atoms with Crippen LogP contribution in [0.3, 0.4) is 0 Å². The van der Waals surface area contributed by atoms with Gasteiger partial charge in [-0.05, 0) is 58.1 Å². The number of aryl methyl sites for hydroxylation is 4. The number of nitrogens with zero attached hydrogens (tertiary/aromatic N) is 2. The molecular weight excluding hydrogens is 322 g/mol. The second kappa shape index (κ2) is 6.51. The van der Waals surface area contributed by atoms with Gasteiger partial charge < -0.3 is 9.88 Å². The molecule has 0 saturated carbocycles. The van der Waals surface area contributed by atoms with Crippen LogP contribution in [0.2, 0.25) is 0 Å². The first-order valence-corrected chi connectivity index (χ1v) is 9.16. The molecule has 1 aliphatic carbocycles. The second-order valence-corrected chi connectivity index (χ2v) is 7.65. The van der Waals surface area contributed by atoms with E-state index in [-0.39, 0.29) is 23.1 Å². The number of pyridine rings is 1. The van der Waals surface area contributed by atoms with Crippen LogP contribution in [-0.2, 0) is 19.9 Å². The van der Waals surface area contributed by atoms with E-state index >= 15 is 0 Å². The van der Waals surface area contributed by atoms with Gasteiger partial charge in [0.2, 0.25) is 0 Å². The molecule has 2 aromatic heterocycles. The van der Waals surface area contributed by atoms with Gasteiger partial charge in [0.1, 0.15) is 10.6 Å². The number of amides is 1. The summed E-state index contributed by atoms with van der Waals surface area (Å²) in [5.41, 5.74) is 2.70. The number of rotatable bonds is 3. The zero-order valence-corrected chi connectivity index (χ0v) is 15.4. The van der Waals surface area contributed by atoms with Gasteiger partial charge >= 0.3 is 0 Å². The van der Waals surface area contributed by atoms with Crippen LogP contribution in [0.15, 0.2) is 10.9 Å². The molecule has 2 heterocycles. The molecular formula is C18H23N3O2S. The standard InChI is InChI=1S/C18H23N3O2S/c1-10-9-11(2)21(4)18(23)15(10)16(22)19-12(3)17-20-13-7-5-6-8-14(13)24-17/h9,12H,5-8H2,1-4H3,(H,19,22)/t12-/m0/s1. The Kier molecular flexibility index (Phi) is 4.58. The summed E-state index contributed by atoms with van der Waals surface area (Å²) in [5, 5.41) is 3.87. The van der Waals surface area contributed by atoms with E-state index in [0.29, 0.717) is 5.56 Å². The van der Waals surface area contributed by atoms with Gasteiger partial charge in [-0.1, -0.05) is 0 Å². The molecule has 1 N–H and O–H groups in total. The van der Waals surface area contributed by atoms with Gasteiger partial charge in [0.15, 0.2) is 0 Å². The molecule has 0 fully saturated rings. The fourth-order valence-electron chi connectivity index (χ4n) is 3.14. The fraction of sp³-hybridized carbons (Fsp3) is 0.500. The van der Waals surface area contributed by atoms with Gasteiger partial charge in [-0.3, -0.25) is 9.59 Å². The second-order valence-electron chi connectivity index (χ2n) is 6.53. The molecule has 1 aliphatic rings. The molecule has 6 heteroatoms. The van der Waals surface area contributed by atoms with Crippen LogP contribution in [0.1, 0.15) is 63.0 Å².